The maximum absolute atomic E-state index is 12.2. The molecule has 0 spiro atoms. The Kier molecular flexibility index (Phi) is 6.57. The summed E-state index contributed by atoms with van der Waals surface area (Å²) < 4.78 is 12.8. The second-order valence-corrected chi connectivity index (χ2v) is 6.81. The third-order valence-electron chi connectivity index (χ3n) is 4.25. The maximum atomic E-state index is 12.2. The van der Waals surface area contributed by atoms with Crippen molar-refractivity contribution in [2.45, 2.75) is 40.4 Å². The molecule has 0 aliphatic heterocycles. The summed E-state index contributed by atoms with van der Waals surface area (Å²) in [6.07, 6.45) is 0. The van der Waals surface area contributed by atoms with Gasteiger partial charge < -0.3 is 9.47 Å². The number of nitrogens with one attached hydrogen (secondary N) is 1. The van der Waals surface area contributed by atoms with E-state index in [9.17, 15) is 9.59 Å². The number of hydrogen-bond acceptors (Lipinski definition) is 4. The fraction of sp³-hybridized carbons (Fsp3) is 0.273. The smallest absolute Gasteiger partial charge is 0.330 e. The lowest BCUT2D eigenvalue weighted by Gasteiger charge is -2.13. The molecule has 2 aromatic carbocycles. The Morgan fingerprint density at radius 3 is 2.21 bits per heavy atom. The van der Waals surface area contributed by atoms with Gasteiger partial charge in [0.25, 0.3) is 5.56 Å². The van der Waals surface area contributed by atoms with Gasteiger partial charge >= 0.3 is 5.69 Å². The van der Waals surface area contributed by atoms with Gasteiger partial charge in [-0.2, -0.15) is 0 Å². The van der Waals surface area contributed by atoms with E-state index in [4.69, 9.17) is 9.47 Å². The molecule has 28 heavy (non-hydrogen) atoms. The van der Waals surface area contributed by atoms with Crippen LogP contribution in [-0.4, -0.2) is 9.55 Å². The Morgan fingerprint density at radius 1 is 0.821 bits per heavy atom. The SMILES string of the molecule is Cc1cc(C)cc(COCn2c(COCc3ccccc3)cc(=O)[nH]c2=O)c1. The zero-order valence-electron chi connectivity index (χ0n) is 16.1. The lowest BCUT2D eigenvalue weighted by molar-refractivity contribution is 0.0484. The Morgan fingerprint density at radius 2 is 1.50 bits per heavy atom. The first-order valence-corrected chi connectivity index (χ1v) is 9.11. The highest BCUT2D eigenvalue weighted by Crippen LogP contribution is 2.10. The van der Waals surface area contributed by atoms with Gasteiger partial charge in [-0.25, -0.2) is 4.79 Å². The molecule has 0 saturated carbocycles. The molecule has 0 atom stereocenters. The predicted molar refractivity (Wildman–Crippen MR) is 107 cm³/mol. The van der Waals surface area contributed by atoms with Crippen molar-refractivity contribution in [1.82, 2.24) is 9.55 Å². The van der Waals surface area contributed by atoms with Crippen LogP contribution in [0.4, 0.5) is 0 Å². The quantitative estimate of drug-likeness (QED) is 0.652. The topological polar surface area (TPSA) is 73.3 Å². The molecule has 146 valence electrons. The van der Waals surface area contributed by atoms with Gasteiger partial charge in [-0.15, -0.1) is 0 Å². The molecule has 0 aliphatic carbocycles. The fourth-order valence-corrected chi connectivity index (χ4v) is 3.08. The summed E-state index contributed by atoms with van der Waals surface area (Å²) in [5.74, 6) is 0. The number of aryl methyl sites for hydroxylation is 2. The van der Waals surface area contributed by atoms with Crippen molar-refractivity contribution < 1.29 is 9.47 Å². The lowest BCUT2D eigenvalue weighted by Crippen LogP contribution is -2.33. The van der Waals surface area contributed by atoms with E-state index in [0.29, 0.717) is 18.9 Å². The molecule has 0 amide bonds. The third-order valence-corrected chi connectivity index (χ3v) is 4.25. The minimum atomic E-state index is -0.508. The average molecular weight is 380 g/mol. The van der Waals surface area contributed by atoms with Gasteiger partial charge in [0.1, 0.15) is 6.73 Å². The number of H-pyrrole nitrogens is 1. The molecule has 0 saturated heterocycles. The van der Waals surface area contributed by atoms with Crippen molar-refractivity contribution in [2.24, 2.45) is 0 Å². The van der Waals surface area contributed by atoms with Gasteiger partial charge in [0, 0.05) is 6.07 Å². The molecular formula is C22H24N2O4. The van der Waals surface area contributed by atoms with Crippen LogP contribution in [0.5, 0.6) is 0 Å². The van der Waals surface area contributed by atoms with E-state index in [1.807, 2.05) is 56.3 Å². The zero-order chi connectivity index (χ0) is 19.9. The molecule has 0 radical (unpaired) electrons. The number of hydrogen-bond donors (Lipinski definition) is 1. The maximum Gasteiger partial charge on any atom is 0.330 e. The largest absolute Gasteiger partial charge is 0.371 e. The Balaban J connectivity index is 1.66. The molecule has 3 aromatic rings. The van der Waals surface area contributed by atoms with Crippen LogP contribution in [-0.2, 0) is 36.0 Å². The predicted octanol–water partition coefficient (Wildman–Crippen LogP) is 3.04. The molecule has 0 unspecified atom stereocenters. The summed E-state index contributed by atoms with van der Waals surface area (Å²) in [5.41, 5.74) is 3.90. The van der Waals surface area contributed by atoms with Crippen LogP contribution >= 0.6 is 0 Å². The van der Waals surface area contributed by atoms with Gasteiger partial charge in [-0.05, 0) is 25.0 Å². The van der Waals surface area contributed by atoms with E-state index in [0.717, 1.165) is 22.3 Å². The number of nitrogens with zero attached hydrogens (tertiary/aromatic N) is 1. The fourth-order valence-electron chi connectivity index (χ4n) is 3.08. The summed E-state index contributed by atoms with van der Waals surface area (Å²) in [5, 5.41) is 0. The van der Waals surface area contributed by atoms with Crippen molar-refractivity contribution in [3.05, 3.63) is 103 Å². The third kappa shape index (κ3) is 5.52. The molecule has 1 N–H and O–H groups in total. The standard InChI is InChI=1S/C22H24N2O4/c1-16-8-17(2)10-19(9-16)13-28-15-24-20(11-21(25)23-22(24)26)14-27-12-18-6-4-3-5-7-18/h3-11H,12-15H2,1-2H3,(H,23,25,26). The summed E-state index contributed by atoms with van der Waals surface area (Å²) >= 11 is 0. The highest BCUT2D eigenvalue weighted by molar-refractivity contribution is 5.28. The first kappa shape index (κ1) is 19.8. The van der Waals surface area contributed by atoms with Gasteiger partial charge in [0.05, 0.1) is 25.5 Å². The number of ether oxygens (including phenoxy) is 2. The van der Waals surface area contributed by atoms with Crippen molar-refractivity contribution in [3.8, 4) is 0 Å². The van der Waals surface area contributed by atoms with Crippen molar-refractivity contribution in [2.75, 3.05) is 0 Å². The van der Waals surface area contributed by atoms with Gasteiger partial charge in [-0.1, -0.05) is 59.7 Å². The van der Waals surface area contributed by atoms with Gasteiger partial charge in [-0.3, -0.25) is 14.3 Å². The zero-order valence-corrected chi connectivity index (χ0v) is 16.1. The molecular weight excluding hydrogens is 356 g/mol. The van der Waals surface area contributed by atoms with E-state index < -0.39 is 11.2 Å². The van der Waals surface area contributed by atoms with Crippen molar-refractivity contribution in [1.29, 1.82) is 0 Å². The normalized spacial score (nSPS) is 10.9. The lowest BCUT2D eigenvalue weighted by atomic mass is 10.1. The minimum Gasteiger partial charge on any atom is -0.371 e. The first-order chi connectivity index (χ1) is 13.5. The van der Waals surface area contributed by atoms with Crippen LogP contribution in [0, 0.1) is 13.8 Å². The summed E-state index contributed by atoms with van der Waals surface area (Å²) in [4.78, 5) is 26.2. The first-order valence-electron chi connectivity index (χ1n) is 9.11. The van der Waals surface area contributed by atoms with E-state index in [1.165, 1.54) is 10.6 Å². The van der Waals surface area contributed by atoms with E-state index in [2.05, 4.69) is 11.1 Å². The Labute approximate surface area is 163 Å². The summed E-state index contributed by atoms with van der Waals surface area (Å²) in [6, 6.07) is 17.3. The van der Waals surface area contributed by atoms with E-state index >= 15 is 0 Å². The van der Waals surface area contributed by atoms with Crippen LogP contribution in [0.1, 0.15) is 27.9 Å². The molecule has 1 heterocycles. The van der Waals surface area contributed by atoms with Crippen molar-refractivity contribution in [3.63, 3.8) is 0 Å². The monoisotopic (exact) mass is 380 g/mol. The molecule has 1 aromatic heterocycles. The molecule has 6 nitrogen and oxygen atoms in total. The second kappa shape index (κ2) is 9.30. The van der Waals surface area contributed by atoms with Gasteiger partial charge in [0.2, 0.25) is 0 Å². The molecule has 3 rings (SSSR count). The summed E-state index contributed by atoms with van der Waals surface area (Å²) in [7, 11) is 0. The van der Waals surface area contributed by atoms with Crippen LogP contribution in [0.15, 0.2) is 64.2 Å². The van der Waals surface area contributed by atoms with Crippen LogP contribution in [0.25, 0.3) is 0 Å². The minimum absolute atomic E-state index is 0.0344. The van der Waals surface area contributed by atoms with Gasteiger partial charge in [0.15, 0.2) is 0 Å². The highest BCUT2D eigenvalue weighted by atomic mass is 16.5. The Hall–Kier alpha value is -2.96. The number of aromatic nitrogens is 2. The van der Waals surface area contributed by atoms with E-state index in [-0.39, 0.29) is 13.3 Å². The number of benzene rings is 2. The van der Waals surface area contributed by atoms with Crippen LogP contribution in [0.3, 0.4) is 0 Å². The number of aromatic amines is 1. The average Bonchev–Trinajstić information content (AvgIpc) is 2.64. The molecule has 0 aliphatic rings. The molecule has 0 fully saturated rings. The van der Waals surface area contributed by atoms with E-state index in [1.54, 1.807) is 0 Å². The molecule has 6 heteroatoms. The molecule has 0 bridgehead atoms. The summed E-state index contributed by atoms with van der Waals surface area (Å²) in [6.45, 7) is 5.01. The number of rotatable bonds is 8. The second-order valence-electron chi connectivity index (χ2n) is 6.81. The van der Waals surface area contributed by atoms with Crippen LogP contribution < -0.4 is 11.2 Å². The van der Waals surface area contributed by atoms with Crippen LogP contribution in [0.2, 0.25) is 0 Å². The highest BCUT2D eigenvalue weighted by Gasteiger charge is 2.07. The Bertz CT molecular complexity index is 1020. The van der Waals surface area contributed by atoms with Crippen molar-refractivity contribution >= 4 is 0 Å².